The molecule has 2 aromatic rings. The smallest absolute Gasteiger partial charge is 0.408 e. The standard InChI is InChI=1S/C25H31N3O3/c1-25(2,28(24(30)31)22-16-27-14-12-19(22)13-15-27)21-10-8-18(9-11-21)17-4-6-20(7-5-17)23(29)26-3/h4-11,19,22H,12-16H2,1-3H3,(H,26,29)(H,30,31). The van der Waals surface area contributed by atoms with Gasteiger partial charge in [-0.15, -0.1) is 0 Å². The summed E-state index contributed by atoms with van der Waals surface area (Å²) in [7, 11) is 1.62. The highest BCUT2D eigenvalue weighted by molar-refractivity contribution is 5.94. The van der Waals surface area contributed by atoms with E-state index in [1.54, 1.807) is 11.9 Å². The minimum absolute atomic E-state index is 0.0342. The minimum atomic E-state index is -0.849. The summed E-state index contributed by atoms with van der Waals surface area (Å²) in [6, 6.07) is 15.6. The Morgan fingerprint density at radius 3 is 2.00 bits per heavy atom. The van der Waals surface area contributed by atoms with Crippen molar-refractivity contribution in [2.45, 2.75) is 38.3 Å². The maximum atomic E-state index is 12.4. The first-order valence-electron chi connectivity index (χ1n) is 11.0. The number of fused-ring (bicyclic) bond motifs is 3. The normalized spacial score (nSPS) is 22.7. The van der Waals surface area contributed by atoms with Crippen LogP contribution in [0, 0.1) is 5.92 Å². The van der Waals surface area contributed by atoms with Gasteiger partial charge >= 0.3 is 6.09 Å². The molecule has 3 aliphatic rings. The van der Waals surface area contributed by atoms with Crippen LogP contribution in [-0.4, -0.2) is 59.6 Å². The molecule has 2 amide bonds. The molecule has 0 spiro atoms. The molecule has 1 atom stereocenters. The molecule has 6 nitrogen and oxygen atoms in total. The fraction of sp³-hybridized carbons (Fsp3) is 0.440. The highest BCUT2D eigenvalue weighted by Crippen LogP contribution is 2.38. The molecule has 3 aliphatic heterocycles. The second-order valence-corrected chi connectivity index (χ2v) is 9.15. The maximum absolute atomic E-state index is 12.4. The molecule has 31 heavy (non-hydrogen) atoms. The van der Waals surface area contributed by atoms with Crippen molar-refractivity contribution in [3.63, 3.8) is 0 Å². The number of piperidine rings is 3. The number of amides is 2. The lowest BCUT2D eigenvalue weighted by atomic mass is 9.80. The Balaban J connectivity index is 1.58. The number of carbonyl (C=O) groups is 2. The third-order valence-corrected chi connectivity index (χ3v) is 7.06. The van der Waals surface area contributed by atoms with E-state index >= 15 is 0 Å². The maximum Gasteiger partial charge on any atom is 0.408 e. The molecule has 3 heterocycles. The van der Waals surface area contributed by atoms with Crippen molar-refractivity contribution in [3.8, 4) is 11.1 Å². The van der Waals surface area contributed by atoms with Crippen LogP contribution in [0.15, 0.2) is 48.5 Å². The summed E-state index contributed by atoms with van der Waals surface area (Å²) in [5.74, 6) is 0.337. The van der Waals surface area contributed by atoms with Gasteiger partial charge in [0.1, 0.15) is 0 Å². The van der Waals surface area contributed by atoms with Crippen molar-refractivity contribution in [3.05, 3.63) is 59.7 Å². The van der Waals surface area contributed by atoms with Gasteiger partial charge in [0, 0.05) is 19.2 Å². The number of carbonyl (C=O) groups excluding carboxylic acids is 1. The lowest BCUT2D eigenvalue weighted by Crippen LogP contribution is -2.62. The van der Waals surface area contributed by atoms with Crippen LogP contribution in [0.4, 0.5) is 4.79 Å². The molecule has 0 radical (unpaired) electrons. The number of rotatable bonds is 5. The molecule has 2 aromatic carbocycles. The third kappa shape index (κ3) is 4.04. The van der Waals surface area contributed by atoms with E-state index in [1.165, 1.54) is 0 Å². The Kier molecular flexibility index (Phi) is 5.75. The van der Waals surface area contributed by atoms with Crippen LogP contribution in [0.3, 0.4) is 0 Å². The van der Waals surface area contributed by atoms with E-state index in [4.69, 9.17) is 0 Å². The molecule has 1 unspecified atom stereocenters. The van der Waals surface area contributed by atoms with Crippen molar-refractivity contribution in [1.29, 1.82) is 0 Å². The molecule has 5 rings (SSSR count). The first kappa shape index (κ1) is 21.4. The van der Waals surface area contributed by atoms with E-state index < -0.39 is 11.6 Å². The Hall–Kier alpha value is -2.86. The molecule has 6 heteroatoms. The van der Waals surface area contributed by atoms with Crippen molar-refractivity contribution in [2.75, 3.05) is 26.7 Å². The monoisotopic (exact) mass is 421 g/mol. The number of nitrogens with zero attached hydrogens (tertiary/aromatic N) is 2. The SMILES string of the molecule is CNC(=O)c1ccc(-c2ccc(C(C)(C)N(C(=O)O)C3CN4CCC3CC4)cc2)cc1. The summed E-state index contributed by atoms with van der Waals surface area (Å²) >= 11 is 0. The fourth-order valence-electron chi connectivity index (χ4n) is 5.19. The van der Waals surface area contributed by atoms with Crippen LogP contribution in [0.5, 0.6) is 0 Å². The number of hydrogen-bond acceptors (Lipinski definition) is 3. The van der Waals surface area contributed by atoms with Gasteiger partial charge in [0.05, 0.1) is 11.6 Å². The van der Waals surface area contributed by atoms with Gasteiger partial charge in [-0.3, -0.25) is 9.69 Å². The van der Waals surface area contributed by atoms with Gasteiger partial charge in [0.2, 0.25) is 0 Å². The highest BCUT2D eigenvalue weighted by Gasteiger charge is 2.45. The Labute approximate surface area is 183 Å². The molecule has 3 fully saturated rings. The molecule has 164 valence electrons. The van der Waals surface area contributed by atoms with Crippen LogP contribution in [0.1, 0.15) is 42.6 Å². The van der Waals surface area contributed by atoms with E-state index in [0.29, 0.717) is 11.5 Å². The van der Waals surface area contributed by atoms with Crippen LogP contribution in [-0.2, 0) is 5.54 Å². The molecular weight excluding hydrogens is 390 g/mol. The Bertz CT molecular complexity index is 945. The van der Waals surface area contributed by atoms with Crippen molar-refractivity contribution in [1.82, 2.24) is 15.1 Å². The van der Waals surface area contributed by atoms with Gasteiger partial charge in [0.15, 0.2) is 0 Å². The topological polar surface area (TPSA) is 72.9 Å². The van der Waals surface area contributed by atoms with E-state index in [9.17, 15) is 14.7 Å². The molecular formula is C25H31N3O3. The number of benzene rings is 2. The van der Waals surface area contributed by atoms with E-state index in [-0.39, 0.29) is 11.9 Å². The molecule has 0 aliphatic carbocycles. The van der Waals surface area contributed by atoms with Gasteiger partial charge in [-0.05, 0) is 74.5 Å². The summed E-state index contributed by atoms with van der Waals surface area (Å²) in [5, 5.41) is 12.8. The van der Waals surface area contributed by atoms with Gasteiger partial charge in [0.25, 0.3) is 5.91 Å². The Morgan fingerprint density at radius 1 is 1.00 bits per heavy atom. The predicted octanol–water partition coefficient (Wildman–Crippen LogP) is 4.02. The first-order chi connectivity index (χ1) is 14.8. The summed E-state index contributed by atoms with van der Waals surface area (Å²) in [4.78, 5) is 28.2. The molecule has 2 bridgehead atoms. The number of hydrogen-bond donors (Lipinski definition) is 2. The van der Waals surface area contributed by atoms with Gasteiger partial charge < -0.3 is 15.3 Å². The zero-order chi connectivity index (χ0) is 22.2. The van der Waals surface area contributed by atoms with E-state index in [1.807, 2.05) is 62.4 Å². The fourth-order valence-corrected chi connectivity index (χ4v) is 5.19. The quantitative estimate of drug-likeness (QED) is 0.765. The van der Waals surface area contributed by atoms with Gasteiger partial charge in [-0.25, -0.2) is 4.79 Å². The average Bonchev–Trinajstić information content (AvgIpc) is 2.79. The van der Waals surface area contributed by atoms with E-state index in [2.05, 4.69) is 10.2 Å². The van der Waals surface area contributed by atoms with Gasteiger partial charge in [-0.2, -0.15) is 0 Å². The second kappa shape index (κ2) is 8.35. The molecule has 3 saturated heterocycles. The largest absolute Gasteiger partial charge is 0.465 e. The molecule has 0 saturated carbocycles. The predicted molar refractivity (Wildman–Crippen MR) is 121 cm³/mol. The second-order valence-electron chi connectivity index (χ2n) is 9.15. The van der Waals surface area contributed by atoms with Gasteiger partial charge in [-0.1, -0.05) is 36.4 Å². The summed E-state index contributed by atoms with van der Waals surface area (Å²) < 4.78 is 0. The summed E-state index contributed by atoms with van der Waals surface area (Å²) in [6.07, 6.45) is 1.31. The third-order valence-electron chi connectivity index (χ3n) is 7.06. The van der Waals surface area contributed by atoms with E-state index in [0.717, 1.165) is 49.2 Å². The van der Waals surface area contributed by atoms with Crippen molar-refractivity contribution >= 4 is 12.0 Å². The van der Waals surface area contributed by atoms with Crippen LogP contribution in [0.25, 0.3) is 11.1 Å². The Morgan fingerprint density at radius 2 is 1.55 bits per heavy atom. The van der Waals surface area contributed by atoms with Crippen LogP contribution in [0.2, 0.25) is 0 Å². The molecule has 0 aromatic heterocycles. The zero-order valence-electron chi connectivity index (χ0n) is 18.5. The number of nitrogens with one attached hydrogen (secondary N) is 1. The van der Waals surface area contributed by atoms with Crippen molar-refractivity contribution in [2.24, 2.45) is 5.92 Å². The van der Waals surface area contributed by atoms with Crippen LogP contribution < -0.4 is 5.32 Å². The lowest BCUT2D eigenvalue weighted by molar-refractivity contribution is -0.0289. The lowest BCUT2D eigenvalue weighted by Gasteiger charge is -2.52. The minimum Gasteiger partial charge on any atom is -0.465 e. The first-order valence-corrected chi connectivity index (χ1v) is 11.0. The zero-order valence-corrected chi connectivity index (χ0v) is 18.5. The molecule has 2 N–H and O–H groups in total. The average molecular weight is 422 g/mol. The van der Waals surface area contributed by atoms with Crippen LogP contribution >= 0.6 is 0 Å². The summed E-state index contributed by atoms with van der Waals surface area (Å²) in [6.45, 7) is 7.01. The van der Waals surface area contributed by atoms with Crippen molar-refractivity contribution < 1.29 is 14.7 Å². The number of carboxylic acid groups (broad SMARTS) is 1. The highest BCUT2D eigenvalue weighted by atomic mass is 16.4. The summed E-state index contributed by atoms with van der Waals surface area (Å²) in [5.41, 5.74) is 3.03.